The number of rotatable bonds is 3. The molecule has 0 saturated carbocycles. The summed E-state index contributed by atoms with van der Waals surface area (Å²) < 4.78 is 5.19. The molecule has 2 amide bonds. The van der Waals surface area contributed by atoms with Gasteiger partial charge in [-0.3, -0.25) is 14.5 Å². The molecule has 0 radical (unpaired) electrons. The van der Waals surface area contributed by atoms with Gasteiger partial charge in [-0.1, -0.05) is 18.2 Å². The van der Waals surface area contributed by atoms with Gasteiger partial charge in [0.15, 0.2) is 0 Å². The fraction of sp³-hybridized carbons (Fsp3) is 0.250. The molecule has 5 nitrogen and oxygen atoms in total. The molecule has 1 aromatic carbocycles. The molecule has 3 rings (SSSR count). The third kappa shape index (κ3) is 2.54. The summed E-state index contributed by atoms with van der Waals surface area (Å²) in [5.41, 5.74) is 1.84. The molecule has 5 heteroatoms. The molecule has 2 aromatic rings. The second-order valence-corrected chi connectivity index (χ2v) is 5.03. The van der Waals surface area contributed by atoms with Gasteiger partial charge in [0.2, 0.25) is 11.8 Å². The predicted octanol–water partition coefficient (Wildman–Crippen LogP) is 1.87. The lowest BCUT2D eigenvalue weighted by molar-refractivity contribution is -0.125. The van der Waals surface area contributed by atoms with Crippen LogP contribution in [0.25, 0.3) is 0 Å². The second-order valence-electron chi connectivity index (χ2n) is 5.03. The van der Waals surface area contributed by atoms with Gasteiger partial charge in [0.25, 0.3) is 0 Å². The van der Waals surface area contributed by atoms with Crippen LogP contribution in [-0.4, -0.2) is 17.9 Å². The van der Waals surface area contributed by atoms with Crippen LogP contribution in [0.3, 0.4) is 0 Å². The molecule has 0 aliphatic carbocycles. The Morgan fingerprint density at radius 3 is 2.81 bits per heavy atom. The van der Waals surface area contributed by atoms with Gasteiger partial charge in [-0.05, 0) is 23.8 Å². The minimum absolute atomic E-state index is 0.127. The number of anilines is 1. The normalized spacial score (nSPS) is 16.6. The number of para-hydroxylation sites is 1. The van der Waals surface area contributed by atoms with Crippen molar-refractivity contribution in [1.82, 2.24) is 5.32 Å². The van der Waals surface area contributed by atoms with E-state index in [1.807, 2.05) is 24.3 Å². The van der Waals surface area contributed by atoms with E-state index in [-0.39, 0.29) is 11.8 Å². The minimum Gasteiger partial charge on any atom is -0.467 e. The van der Waals surface area contributed by atoms with Crippen molar-refractivity contribution < 1.29 is 14.0 Å². The predicted molar refractivity (Wildman–Crippen MR) is 77.6 cm³/mol. The number of hydrogen-bond acceptors (Lipinski definition) is 3. The molecule has 108 valence electrons. The third-order valence-corrected chi connectivity index (χ3v) is 3.63. The van der Waals surface area contributed by atoms with Crippen LogP contribution in [0.1, 0.15) is 18.2 Å². The zero-order valence-corrected chi connectivity index (χ0v) is 11.7. The average molecular weight is 284 g/mol. The van der Waals surface area contributed by atoms with Gasteiger partial charge in [-0.15, -0.1) is 0 Å². The van der Waals surface area contributed by atoms with Gasteiger partial charge in [0.1, 0.15) is 11.8 Å². The molecule has 0 unspecified atom stereocenters. The first-order valence-electron chi connectivity index (χ1n) is 6.84. The average Bonchev–Trinajstić information content (AvgIpc) is 3.11. The van der Waals surface area contributed by atoms with E-state index >= 15 is 0 Å². The summed E-state index contributed by atoms with van der Waals surface area (Å²) in [7, 11) is 0. The molecule has 1 N–H and O–H groups in total. The van der Waals surface area contributed by atoms with Crippen molar-refractivity contribution in [2.75, 3.05) is 4.90 Å². The number of furan rings is 1. The summed E-state index contributed by atoms with van der Waals surface area (Å²) in [5.74, 6) is 0.393. The number of fused-ring (bicyclic) bond motifs is 1. The van der Waals surface area contributed by atoms with Crippen molar-refractivity contribution in [3.05, 3.63) is 54.0 Å². The molecule has 0 saturated heterocycles. The minimum atomic E-state index is -0.491. The Morgan fingerprint density at radius 1 is 1.29 bits per heavy atom. The van der Waals surface area contributed by atoms with Crippen LogP contribution in [0, 0.1) is 0 Å². The largest absolute Gasteiger partial charge is 0.467 e. The Hall–Kier alpha value is -2.56. The van der Waals surface area contributed by atoms with Gasteiger partial charge >= 0.3 is 0 Å². The molecule has 0 bridgehead atoms. The summed E-state index contributed by atoms with van der Waals surface area (Å²) in [4.78, 5) is 25.8. The van der Waals surface area contributed by atoms with Crippen molar-refractivity contribution in [2.24, 2.45) is 0 Å². The highest BCUT2D eigenvalue weighted by molar-refractivity contribution is 6.02. The number of carbonyl (C=O) groups is 2. The van der Waals surface area contributed by atoms with Crippen LogP contribution in [0.2, 0.25) is 0 Å². The monoisotopic (exact) mass is 284 g/mol. The molecule has 21 heavy (non-hydrogen) atoms. The van der Waals surface area contributed by atoms with Crippen molar-refractivity contribution in [3.8, 4) is 0 Å². The van der Waals surface area contributed by atoms with Gasteiger partial charge in [-0.2, -0.15) is 0 Å². The second kappa shape index (κ2) is 5.44. The highest BCUT2D eigenvalue weighted by Gasteiger charge is 2.36. The molecule has 0 spiro atoms. The highest BCUT2D eigenvalue weighted by atomic mass is 16.3. The summed E-state index contributed by atoms with van der Waals surface area (Å²) in [5, 5.41) is 2.82. The molecular weight excluding hydrogens is 268 g/mol. The number of carbonyl (C=O) groups excluding carboxylic acids is 2. The van der Waals surface area contributed by atoms with Crippen molar-refractivity contribution in [1.29, 1.82) is 0 Å². The van der Waals surface area contributed by atoms with E-state index in [0.29, 0.717) is 18.7 Å². The van der Waals surface area contributed by atoms with Crippen LogP contribution in [-0.2, 0) is 22.6 Å². The number of nitrogens with one attached hydrogen (secondary N) is 1. The molecule has 1 aliphatic rings. The van der Waals surface area contributed by atoms with E-state index < -0.39 is 6.04 Å². The van der Waals surface area contributed by atoms with Crippen LogP contribution >= 0.6 is 0 Å². The number of benzene rings is 1. The first-order valence-corrected chi connectivity index (χ1v) is 6.84. The number of nitrogens with zero attached hydrogens (tertiary/aromatic N) is 1. The van der Waals surface area contributed by atoms with E-state index in [4.69, 9.17) is 4.42 Å². The van der Waals surface area contributed by atoms with E-state index in [0.717, 1.165) is 11.3 Å². The van der Waals surface area contributed by atoms with Crippen LogP contribution in [0.5, 0.6) is 0 Å². The fourth-order valence-electron chi connectivity index (χ4n) is 2.69. The number of hydrogen-bond donors (Lipinski definition) is 1. The maximum absolute atomic E-state index is 12.4. The zero-order valence-electron chi connectivity index (χ0n) is 11.7. The van der Waals surface area contributed by atoms with Crippen molar-refractivity contribution in [2.45, 2.75) is 25.9 Å². The zero-order chi connectivity index (χ0) is 14.8. The molecule has 1 atom stereocenters. The van der Waals surface area contributed by atoms with E-state index in [1.165, 1.54) is 6.92 Å². The van der Waals surface area contributed by atoms with Gasteiger partial charge in [0, 0.05) is 19.0 Å². The lowest BCUT2D eigenvalue weighted by Crippen LogP contribution is -2.47. The molecule has 0 fully saturated rings. The van der Waals surface area contributed by atoms with Gasteiger partial charge in [0.05, 0.1) is 12.8 Å². The Morgan fingerprint density at radius 2 is 2.10 bits per heavy atom. The van der Waals surface area contributed by atoms with Gasteiger partial charge < -0.3 is 9.73 Å². The fourth-order valence-corrected chi connectivity index (χ4v) is 2.69. The number of amides is 2. The third-order valence-electron chi connectivity index (χ3n) is 3.63. The molecule has 2 heterocycles. The maximum atomic E-state index is 12.4. The summed E-state index contributed by atoms with van der Waals surface area (Å²) in [6.45, 7) is 1.80. The smallest absolute Gasteiger partial charge is 0.243 e. The maximum Gasteiger partial charge on any atom is 0.243 e. The van der Waals surface area contributed by atoms with Crippen molar-refractivity contribution >= 4 is 17.5 Å². The van der Waals surface area contributed by atoms with Crippen LogP contribution in [0.15, 0.2) is 47.1 Å². The lowest BCUT2D eigenvalue weighted by Gasteiger charge is -2.23. The van der Waals surface area contributed by atoms with Crippen LogP contribution in [0.4, 0.5) is 5.69 Å². The molecule has 1 aliphatic heterocycles. The SMILES string of the molecule is CC(=O)N1c2ccccc2C[C@H]1C(=O)NCc1ccco1. The summed E-state index contributed by atoms with van der Waals surface area (Å²) >= 11 is 0. The molecular formula is C16H16N2O3. The van der Waals surface area contributed by atoms with E-state index in [2.05, 4.69) is 5.32 Å². The van der Waals surface area contributed by atoms with E-state index in [9.17, 15) is 9.59 Å². The highest BCUT2D eigenvalue weighted by Crippen LogP contribution is 2.32. The first kappa shape index (κ1) is 13.4. The lowest BCUT2D eigenvalue weighted by atomic mass is 10.1. The summed E-state index contributed by atoms with van der Waals surface area (Å²) in [6.07, 6.45) is 2.11. The Labute approximate surface area is 122 Å². The first-order chi connectivity index (χ1) is 10.2. The quantitative estimate of drug-likeness (QED) is 0.936. The van der Waals surface area contributed by atoms with Crippen molar-refractivity contribution in [3.63, 3.8) is 0 Å². The van der Waals surface area contributed by atoms with Gasteiger partial charge in [-0.25, -0.2) is 0 Å². The Balaban J connectivity index is 1.76. The van der Waals surface area contributed by atoms with Crippen LogP contribution < -0.4 is 10.2 Å². The molecule has 1 aromatic heterocycles. The Kier molecular flexibility index (Phi) is 3.48. The topological polar surface area (TPSA) is 62.6 Å². The Bertz CT molecular complexity index is 664. The standard InChI is InChI=1S/C16H16N2O3/c1-11(19)18-14-7-3-2-5-12(14)9-15(18)16(20)17-10-13-6-4-8-21-13/h2-8,15H,9-10H2,1H3,(H,17,20)/t15-/m0/s1. The summed E-state index contributed by atoms with van der Waals surface area (Å²) in [6, 6.07) is 10.7. The van der Waals surface area contributed by atoms with E-state index in [1.54, 1.807) is 23.3 Å².